The smallest absolute Gasteiger partial charge is 0.0490 e. The molecule has 0 fully saturated rings. The molecule has 0 bridgehead atoms. The van der Waals surface area contributed by atoms with Gasteiger partial charge in [0.25, 0.3) is 0 Å². The maximum Gasteiger partial charge on any atom is 0.0490 e. The fraction of sp³-hybridized carbons (Fsp3) is 0.0625. The number of para-hydroxylation sites is 2. The van der Waals surface area contributed by atoms with Crippen LogP contribution in [0.1, 0.15) is 22.3 Å². The number of aryl methyl sites for hydroxylation is 4. The van der Waals surface area contributed by atoms with E-state index in [9.17, 15) is 0 Å². The quantitative estimate of drug-likeness (QED) is 0.142. The SMILES string of the molecule is Cc1cc(N(c2ccc(-c3cccc4c3sc3ccccc34)cc2)c2ccccc2C)ccc1-c1ccc(N(c2ccc(-c3cccc4c3sc3ccccc34)cc2)c2ccccc2C)cc1C. The van der Waals surface area contributed by atoms with Gasteiger partial charge in [0.1, 0.15) is 0 Å². The lowest BCUT2D eigenvalue weighted by Gasteiger charge is -2.29. The Labute approximate surface area is 406 Å². The van der Waals surface area contributed by atoms with Crippen LogP contribution < -0.4 is 9.80 Å². The highest BCUT2D eigenvalue weighted by molar-refractivity contribution is 7.26. The summed E-state index contributed by atoms with van der Waals surface area (Å²) in [5, 5.41) is 5.29. The molecule has 0 atom stereocenters. The standard InChI is InChI=1S/C64H48N2S2/c1-41-15-5-9-23-59(41)65(47-31-27-45(28-32-47)53-19-13-21-57-55-17-7-11-25-61(55)67-63(53)57)49-35-37-51(43(3)39-49)52-38-36-50(40-44(52)4)66(60-24-10-6-16-42(60)2)48-33-29-46(30-34-48)54-20-14-22-58-56-18-8-12-26-62(56)68-64(54)58/h5-40H,1-4H3. The molecule has 4 heteroatoms. The topological polar surface area (TPSA) is 6.48 Å². The predicted octanol–water partition coefficient (Wildman–Crippen LogP) is 19.6. The predicted molar refractivity (Wildman–Crippen MR) is 297 cm³/mol. The van der Waals surface area contributed by atoms with Gasteiger partial charge in [0.2, 0.25) is 0 Å². The molecule has 0 unspecified atom stereocenters. The highest BCUT2D eigenvalue weighted by Gasteiger charge is 2.20. The molecule has 0 N–H and O–H groups in total. The molecule has 2 nitrogen and oxygen atoms in total. The summed E-state index contributed by atoms with van der Waals surface area (Å²) in [7, 11) is 0. The molecule has 2 aromatic heterocycles. The van der Waals surface area contributed by atoms with Crippen LogP contribution in [0.2, 0.25) is 0 Å². The Kier molecular flexibility index (Phi) is 10.5. The van der Waals surface area contributed by atoms with Crippen LogP contribution in [0, 0.1) is 27.7 Å². The van der Waals surface area contributed by atoms with E-state index in [4.69, 9.17) is 0 Å². The number of thiophene rings is 2. The monoisotopic (exact) mass is 908 g/mol. The van der Waals surface area contributed by atoms with Crippen molar-refractivity contribution < 1.29 is 0 Å². The molecule has 0 aliphatic carbocycles. The number of hydrogen-bond acceptors (Lipinski definition) is 4. The first-order chi connectivity index (χ1) is 33.4. The first-order valence-corrected chi connectivity index (χ1v) is 25.0. The van der Waals surface area contributed by atoms with Crippen LogP contribution in [0.25, 0.3) is 73.7 Å². The minimum absolute atomic E-state index is 1.13. The zero-order chi connectivity index (χ0) is 45.9. The molecule has 0 spiro atoms. The number of rotatable bonds is 9. The van der Waals surface area contributed by atoms with E-state index in [0.717, 1.165) is 22.7 Å². The first-order valence-electron chi connectivity index (χ1n) is 23.3. The fourth-order valence-corrected chi connectivity index (χ4v) is 12.7. The van der Waals surface area contributed by atoms with Crippen LogP contribution in [0.4, 0.5) is 34.1 Å². The zero-order valence-corrected chi connectivity index (χ0v) is 40.1. The Hall–Kier alpha value is -7.76. The number of hydrogen-bond donors (Lipinski definition) is 0. The van der Waals surface area contributed by atoms with Gasteiger partial charge < -0.3 is 9.80 Å². The van der Waals surface area contributed by atoms with Crippen molar-refractivity contribution in [3.63, 3.8) is 0 Å². The molecule has 0 radical (unpaired) electrons. The molecular formula is C64H48N2S2. The average molecular weight is 909 g/mol. The number of benzene rings is 10. The molecule has 326 valence electrons. The van der Waals surface area contributed by atoms with Crippen molar-refractivity contribution in [2.24, 2.45) is 0 Å². The molecule has 0 aliphatic rings. The maximum absolute atomic E-state index is 2.40. The highest BCUT2D eigenvalue weighted by atomic mass is 32.1. The van der Waals surface area contributed by atoms with Crippen LogP contribution in [0.3, 0.4) is 0 Å². The van der Waals surface area contributed by atoms with Crippen molar-refractivity contribution in [1.29, 1.82) is 0 Å². The average Bonchev–Trinajstić information content (AvgIpc) is 3.95. The van der Waals surface area contributed by atoms with E-state index in [2.05, 4.69) is 256 Å². The molecular weight excluding hydrogens is 861 g/mol. The van der Waals surface area contributed by atoms with Gasteiger partial charge in [-0.3, -0.25) is 0 Å². The van der Waals surface area contributed by atoms with E-state index in [1.807, 2.05) is 22.7 Å². The summed E-state index contributed by atoms with van der Waals surface area (Å²) in [5.74, 6) is 0. The lowest BCUT2D eigenvalue weighted by Crippen LogP contribution is -2.12. The third kappa shape index (κ3) is 7.25. The van der Waals surface area contributed by atoms with E-state index in [-0.39, 0.29) is 0 Å². The van der Waals surface area contributed by atoms with Crippen molar-refractivity contribution in [3.8, 4) is 33.4 Å². The number of anilines is 6. The van der Waals surface area contributed by atoms with Gasteiger partial charge >= 0.3 is 0 Å². The van der Waals surface area contributed by atoms with E-state index >= 15 is 0 Å². The van der Waals surface area contributed by atoms with Crippen LogP contribution in [0.5, 0.6) is 0 Å². The summed E-state index contributed by atoms with van der Waals surface area (Å²) in [6, 6.07) is 80.4. The van der Waals surface area contributed by atoms with E-state index in [1.54, 1.807) is 0 Å². The molecule has 68 heavy (non-hydrogen) atoms. The van der Waals surface area contributed by atoms with Crippen LogP contribution >= 0.6 is 22.7 Å². The van der Waals surface area contributed by atoms with Gasteiger partial charge in [-0.25, -0.2) is 0 Å². The summed E-state index contributed by atoms with van der Waals surface area (Å²) >= 11 is 3.76. The van der Waals surface area contributed by atoms with E-state index < -0.39 is 0 Å². The summed E-state index contributed by atoms with van der Waals surface area (Å²) in [5.41, 5.74) is 19.2. The van der Waals surface area contributed by atoms with Gasteiger partial charge in [-0.05, 0) is 156 Å². The third-order valence-corrected chi connectivity index (χ3v) is 16.1. The van der Waals surface area contributed by atoms with E-state index in [1.165, 1.54) is 107 Å². The number of nitrogens with zero attached hydrogens (tertiary/aromatic N) is 2. The second-order valence-corrected chi connectivity index (χ2v) is 20.0. The van der Waals surface area contributed by atoms with Crippen molar-refractivity contribution in [2.45, 2.75) is 27.7 Å². The Balaban J connectivity index is 0.880. The minimum Gasteiger partial charge on any atom is -0.310 e. The summed E-state index contributed by atoms with van der Waals surface area (Å²) in [6.07, 6.45) is 0. The fourth-order valence-electron chi connectivity index (χ4n) is 10.2. The lowest BCUT2D eigenvalue weighted by atomic mass is 9.95. The summed E-state index contributed by atoms with van der Waals surface area (Å²) < 4.78 is 5.32. The van der Waals surface area contributed by atoms with Crippen LogP contribution in [0.15, 0.2) is 218 Å². The summed E-state index contributed by atoms with van der Waals surface area (Å²) in [4.78, 5) is 4.81. The maximum atomic E-state index is 2.40. The molecule has 12 rings (SSSR count). The normalized spacial score (nSPS) is 11.5. The van der Waals surface area contributed by atoms with Crippen LogP contribution in [-0.2, 0) is 0 Å². The Morgan fingerprint density at radius 2 is 0.647 bits per heavy atom. The highest BCUT2D eigenvalue weighted by Crippen LogP contribution is 2.45. The van der Waals surface area contributed by atoms with Gasteiger partial charge in [0.15, 0.2) is 0 Å². The van der Waals surface area contributed by atoms with Gasteiger partial charge in [0.05, 0.1) is 0 Å². The van der Waals surface area contributed by atoms with Crippen molar-refractivity contribution in [2.75, 3.05) is 9.80 Å². The molecule has 0 saturated carbocycles. The van der Waals surface area contributed by atoms with E-state index in [0.29, 0.717) is 0 Å². The molecule has 0 amide bonds. The molecule has 0 aliphatic heterocycles. The van der Waals surface area contributed by atoms with Crippen LogP contribution in [-0.4, -0.2) is 0 Å². The molecule has 2 heterocycles. The second kappa shape index (κ2) is 17.2. The zero-order valence-electron chi connectivity index (χ0n) is 38.5. The molecule has 12 aromatic rings. The Morgan fingerprint density at radius 3 is 1.06 bits per heavy atom. The van der Waals surface area contributed by atoms with Gasteiger partial charge in [-0.2, -0.15) is 0 Å². The summed E-state index contributed by atoms with van der Waals surface area (Å²) in [6.45, 7) is 8.90. The second-order valence-electron chi connectivity index (χ2n) is 17.9. The van der Waals surface area contributed by atoms with Gasteiger partial charge in [-0.1, -0.05) is 146 Å². The Bertz CT molecular complexity index is 3600. The largest absolute Gasteiger partial charge is 0.310 e. The molecule has 10 aromatic carbocycles. The lowest BCUT2D eigenvalue weighted by molar-refractivity contribution is 1.23. The minimum atomic E-state index is 1.13. The number of fused-ring (bicyclic) bond motifs is 6. The Morgan fingerprint density at radius 1 is 0.279 bits per heavy atom. The van der Waals surface area contributed by atoms with Gasteiger partial charge in [-0.15, -0.1) is 22.7 Å². The van der Waals surface area contributed by atoms with Crippen molar-refractivity contribution >= 4 is 97.1 Å². The van der Waals surface area contributed by atoms with Crippen molar-refractivity contribution in [3.05, 3.63) is 241 Å². The first kappa shape index (κ1) is 41.7. The van der Waals surface area contributed by atoms with Crippen molar-refractivity contribution in [1.82, 2.24) is 0 Å². The van der Waals surface area contributed by atoms with Gasteiger partial charge in [0, 0.05) is 74.5 Å². The molecule has 0 saturated heterocycles. The third-order valence-electron chi connectivity index (χ3n) is 13.6.